The van der Waals surface area contributed by atoms with Crippen LogP contribution in [0.1, 0.15) is 35.8 Å². The maximum absolute atomic E-state index is 12.3. The van der Waals surface area contributed by atoms with E-state index in [1.165, 1.54) is 13.1 Å². The molecule has 0 spiro atoms. The Morgan fingerprint density at radius 1 is 1.19 bits per heavy atom. The Morgan fingerprint density at radius 2 is 1.89 bits per heavy atom. The van der Waals surface area contributed by atoms with E-state index in [1.54, 1.807) is 31.4 Å². The van der Waals surface area contributed by atoms with Gasteiger partial charge in [0.25, 0.3) is 5.91 Å². The van der Waals surface area contributed by atoms with Crippen LogP contribution in [-0.4, -0.2) is 18.8 Å². The molecule has 6 nitrogen and oxygen atoms in total. The standard InChI is InChI=1S/C21H21N3O3/c1-14(16-7-9-20(27-3)10-8-16)23-13-18(12-22)21(26)24-19-6-4-5-17(11-19)15(2)25/h4-11,13-14,23H,1-3H3,(H,24,26)/b18-13-. The zero-order chi connectivity index (χ0) is 19.8. The van der Waals surface area contributed by atoms with Gasteiger partial charge in [0, 0.05) is 23.5 Å². The van der Waals surface area contributed by atoms with Gasteiger partial charge in [0.15, 0.2) is 5.78 Å². The zero-order valence-electron chi connectivity index (χ0n) is 15.4. The molecule has 1 atom stereocenters. The molecule has 0 aliphatic carbocycles. The number of Topliss-reactive ketones (excluding diaryl/α,β-unsaturated/α-hetero) is 1. The van der Waals surface area contributed by atoms with Crippen LogP contribution >= 0.6 is 0 Å². The summed E-state index contributed by atoms with van der Waals surface area (Å²) in [5.74, 6) is 0.108. The molecular weight excluding hydrogens is 342 g/mol. The van der Waals surface area contributed by atoms with Crippen molar-refractivity contribution in [2.24, 2.45) is 0 Å². The fourth-order valence-electron chi connectivity index (χ4n) is 2.36. The van der Waals surface area contributed by atoms with Gasteiger partial charge >= 0.3 is 0 Å². The molecule has 0 fully saturated rings. The third-order valence-corrected chi connectivity index (χ3v) is 3.99. The molecule has 2 aromatic carbocycles. The molecule has 0 radical (unpaired) electrons. The van der Waals surface area contributed by atoms with Crippen molar-refractivity contribution in [1.82, 2.24) is 5.32 Å². The largest absolute Gasteiger partial charge is 0.497 e. The molecule has 2 rings (SSSR count). The quantitative estimate of drug-likeness (QED) is 0.446. The van der Waals surface area contributed by atoms with Crippen LogP contribution in [0.3, 0.4) is 0 Å². The summed E-state index contributed by atoms with van der Waals surface area (Å²) in [5.41, 5.74) is 1.86. The topological polar surface area (TPSA) is 91.2 Å². The summed E-state index contributed by atoms with van der Waals surface area (Å²) >= 11 is 0. The summed E-state index contributed by atoms with van der Waals surface area (Å²) in [6.45, 7) is 3.37. The van der Waals surface area contributed by atoms with Gasteiger partial charge in [-0.05, 0) is 43.7 Å². The van der Waals surface area contributed by atoms with Gasteiger partial charge in [-0.15, -0.1) is 0 Å². The number of benzene rings is 2. The SMILES string of the molecule is COc1ccc(C(C)N/C=C(/C#N)C(=O)Nc2cccc(C(C)=O)c2)cc1. The van der Waals surface area contributed by atoms with E-state index in [9.17, 15) is 14.9 Å². The van der Waals surface area contributed by atoms with Crippen LogP contribution in [0.4, 0.5) is 5.69 Å². The average Bonchev–Trinajstić information content (AvgIpc) is 2.68. The van der Waals surface area contributed by atoms with Crippen molar-refractivity contribution >= 4 is 17.4 Å². The Kier molecular flexibility index (Phi) is 6.73. The van der Waals surface area contributed by atoms with Gasteiger partial charge in [-0.1, -0.05) is 24.3 Å². The molecule has 2 aromatic rings. The normalized spacial score (nSPS) is 11.9. The number of carbonyl (C=O) groups is 2. The highest BCUT2D eigenvalue weighted by Crippen LogP contribution is 2.17. The van der Waals surface area contributed by atoms with Gasteiger partial charge in [-0.3, -0.25) is 9.59 Å². The molecule has 0 aliphatic heterocycles. The van der Waals surface area contributed by atoms with Crippen molar-refractivity contribution in [3.63, 3.8) is 0 Å². The monoisotopic (exact) mass is 363 g/mol. The number of nitrogens with one attached hydrogen (secondary N) is 2. The minimum absolute atomic E-state index is 0.0661. The molecule has 6 heteroatoms. The Labute approximate surface area is 158 Å². The molecule has 2 N–H and O–H groups in total. The number of nitrogens with zero attached hydrogens (tertiary/aromatic N) is 1. The highest BCUT2D eigenvalue weighted by Gasteiger charge is 2.11. The molecule has 1 amide bonds. The van der Waals surface area contributed by atoms with Crippen LogP contribution in [0.15, 0.2) is 60.3 Å². The number of nitriles is 1. The summed E-state index contributed by atoms with van der Waals surface area (Å²) in [6, 6.07) is 15.9. The first-order valence-corrected chi connectivity index (χ1v) is 8.37. The minimum atomic E-state index is -0.548. The average molecular weight is 363 g/mol. The molecule has 1 unspecified atom stereocenters. The van der Waals surface area contributed by atoms with Crippen molar-refractivity contribution in [2.75, 3.05) is 12.4 Å². The van der Waals surface area contributed by atoms with E-state index >= 15 is 0 Å². The zero-order valence-corrected chi connectivity index (χ0v) is 15.4. The lowest BCUT2D eigenvalue weighted by Crippen LogP contribution is -2.18. The van der Waals surface area contributed by atoms with Gasteiger partial charge in [0.1, 0.15) is 17.4 Å². The molecule has 0 saturated heterocycles. The number of ether oxygens (including phenoxy) is 1. The van der Waals surface area contributed by atoms with E-state index in [-0.39, 0.29) is 17.4 Å². The van der Waals surface area contributed by atoms with Crippen LogP contribution in [0.2, 0.25) is 0 Å². The van der Waals surface area contributed by atoms with Crippen molar-refractivity contribution in [1.29, 1.82) is 5.26 Å². The Hall–Kier alpha value is -3.59. The summed E-state index contributed by atoms with van der Waals surface area (Å²) in [6.07, 6.45) is 1.39. The van der Waals surface area contributed by atoms with Crippen LogP contribution in [0.25, 0.3) is 0 Å². The third-order valence-electron chi connectivity index (χ3n) is 3.99. The molecular formula is C21H21N3O3. The van der Waals surface area contributed by atoms with Crippen LogP contribution < -0.4 is 15.4 Å². The minimum Gasteiger partial charge on any atom is -0.497 e. The molecule has 0 aliphatic rings. The highest BCUT2D eigenvalue weighted by molar-refractivity contribution is 6.07. The number of amides is 1. The Balaban J connectivity index is 2.06. The van der Waals surface area contributed by atoms with E-state index in [2.05, 4.69) is 10.6 Å². The number of anilines is 1. The van der Waals surface area contributed by atoms with E-state index in [0.717, 1.165) is 11.3 Å². The van der Waals surface area contributed by atoms with E-state index in [0.29, 0.717) is 11.3 Å². The fourth-order valence-corrected chi connectivity index (χ4v) is 2.36. The smallest absolute Gasteiger partial charge is 0.267 e. The first-order valence-electron chi connectivity index (χ1n) is 8.37. The molecule has 27 heavy (non-hydrogen) atoms. The number of carbonyl (C=O) groups excluding carboxylic acids is 2. The summed E-state index contributed by atoms with van der Waals surface area (Å²) in [7, 11) is 1.60. The molecule has 138 valence electrons. The molecule has 0 heterocycles. The number of ketones is 1. The predicted molar refractivity (Wildman–Crippen MR) is 103 cm³/mol. The van der Waals surface area contributed by atoms with Gasteiger partial charge < -0.3 is 15.4 Å². The summed E-state index contributed by atoms with van der Waals surface area (Å²) in [4.78, 5) is 23.7. The van der Waals surface area contributed by atoms with Crippen molar-refractivity contribution in [3.8, 4) is 11.8 Å². The molecule has 0 bridgehead atoms. The Morgan fingerprint density at radius 3 is 2.48 bits per heavy atom. The fraction of sp³-hybridized carbons (Fsp3) is 0.190. The number of hydrogen-bond acceptors (Lipinski definition) is 5. The first-order chi connectivity index (χ1) is 12.9. The maximum atomic E-state index is 12.3. The third kappa shape index (κ3) is 5.44. The number of rotatable bonds is 7. The second kappa shape index (κ2) is 9.20. The van der Waals surface area contributed by atoms with Gasteiger partial charge in [-0.25, -0.2) is 0 Å². The highest BCUT2D eigenvalue weighted by atomic mass is 16.5. The summed E-state index contributed by atoms with van der Waals surface area (Å²) in [5, 5.41) is 15.0. The number of hydrogen-bond donors (Lipinski definition) is 2. The second-order valence-corrected chi connectivity index (χ2v) is 5.92. The lowest BCUT2D eigenvalue weighted by atomic mass is 10.1. The van der Waals surface area contributed by atoms with E-state index < -0.39 is 5.91 Å². The lowest BCUT2D eigenvalue weighted by molar-refractivity contribution is -0.112. The predicted octanol–water partition coefficient (Wildman–Crippen LogP) is 3.59. The van der Waals surface area contributed by atoms with Gasteiger partial charge in [0.2, 0.25) is 0 Å². The van der Waals surface area contributed by atoms with Crippen molar-refractivity contribution in [2.45, 2.75) is 19.9 Å². The lowest BCUT2D eigenvalue weighted by Gasteiger charge is -2.13. The van der Waals surface area contributed by atoms with Crippen LogP contribution in [0, 0.1) is 11.3 Å². The van der Waals surface area contributed by atoms with E-state index in [4.69, 9.17) is 4.74 Å². The van der Waals surface area contributed by atoms with Crippen molar-refractivity contribution < 1.29 is 14.3 Å². The van der Waals surface area contributed by atoms with E-state index in [1.807, 2.05) is 37.3 Å². The summed E-state index contributed by atoms with van der Waals surface area (Å²) < 4.78 is 5.13. The van der Waals surface area contributed by atoms with Gasteiger partial charge in [-0.2, -0.15) is 5.26 Å². The maximum Gasteiger partial charge on any atom is 0.267 e. The van der Waals surface area contributed by atoms with Gasteiger partial charge in [0.05, 0.1) is 7.11 Å². The second-order valence-electron chi connectivity index (χ2n) is 5.92. The first kappa shape index (κ1) is 19.7. The number of methoxy groups -OCH3 is 1. The molecule has 0 aromatic heterocycles. The van der Waals surface area contributed by atoms with Crippen LogP contribution in [-0.2, 0) is 4.79 Å². The molecule has 0 saturated carbocycles. The van der Waals surface area contributed by atoms with Crippen LogP contribution in [0.5, 0.6) is 5.75 Å². The van der Waals surface area contributed by atoms with Crippen molar-refractivity contribution in [3.05, 3.63) is 71.4 Å². The Bertz CT molecular complexity index is 896.